The predicted molar refractivity (Wildman–Crippen MR) is 79.5 cm³/mol. The molecular formula is C11H7N3O4S3. The molecule has 0 aliphatic heterocycles. The van der Waals surface area contributed by atoms with Gasteiger partial charge in [0, 0.05) is 12.4 Å². The van der Waals surface area contributed by atoms with Gasteiger partial charge in [0.05, 0.1) is 15.8 Å². The van der Waals surface area contributed by atoms with Crippen LogP contribution in [-0.4, -0.2) is 28.9 Å². The summed E-state index contributed by atoms with van der Waals surface area (Å²) in [5, 5.41) is 10.8. The van der Waals surface area contributed by atoms with Gasteiger partial charge in [0.25, 0.3) is 10.0 Å². The van der Waals surface area contributed by atoms with Gasteiger partial charge in [-0.1, -0.05) is 0 Å². The standard InChI is InChI=1S/C11H7N3O4S3/c15-11(16)9-7(2-4-19-9)14-21(17,18)10-6-5-12-3-1-8(6)20-13-10/h1-5,14H,(H,15,16). The molecule has 0 saturated carbocycles. The summed E-state index contributed by atoms with van der Waals surface area (Å²) < 4.78 is 31.6. The highest BCUT2D eigenvalue weighted by atomic mass is 32.2. The Morgan fingerprint density at radius 2 is 2.14 bits per heavy atom. The van der Waals surface area contributed by atoms with Crippen LogP contribution >= 0.6 is 22.9 Å². The van der Waals surface area contributed by atoms with Crippen LogP contribution in [0.4, 0.5) is 5.69 Å². The van der Waals surface area contributed by atoms with Gasteiger partial charge < -0.3 is 5.11 Å². The van der Waals surface area contributed by atoms with Crippen LogP contribution < -0.4 is 4.72 Å². The molecule has 0 aromatic carbocycles. The number of carbonyl (C=O) groups is 1. The largest absolute Gasteiger partial charge is 0.477 e. The van der Waals surface area contributed by atoms with Crippen LogP contribution in [0.5, 0.6) is 0 Å². The molecule has 0 fully saturated rings. The summed E-state index contributed by atoms with van der Waals surface area (Å²) in [5.41, 5.74) is 0.0255. The number of aromatic carboxylic acids is 1. The van der Waals surface area contributed by atoms with Crippen LogP contribution in [0.2, 0.25) is 0 Å². The van der Waals surface area contributed by atoms with E-state index in [0.717, 1.165) is 22.9 Å². The summed E-state index contributed by atoms with van der Waals surface area (Å²) in [6.45, 7) is 0. The van der Waals surface area contributed by atoms with Crippen LogP contribution in [0.25, 0.3) is 10.1 Å². The van der Waals surface area contributed by atoms with E-state index in [2.05, 4.69) is 14.1 Å². The average Bonchev–Trinajstić information content (AvgIpc) is 3.04. The van der Waals surface area contributed by atoms with Crippen molar-refractivity contribution in [1.29, 1.82) is 0 Å². The third kappa shape index (κ3) is 2.48. The topological polar surface area (TPSA) is 109 Å². The molecule has 0 aliphatic rings. The molecule has 0 unspecified atom stereocenters. The van der Waals surface area contributed by atoms with Gasteiger partial charge in [-0.2, -0.15) is 12.8 Å². The minimum absolute atomic E-state index is 0.0255. The fourth-order valence-corrected chi connectivity index (χ4v) is 4.68. The molecule has 0 atom stereocenters. The van der Waals surface area contributed by atoms with Crippen molar-refractivity contribution in [3.05, 3.63) is 34.8 Å². The summed E-state index contributed by atoms with van der Waals surface area (Å²) in [6, 6.07) is 3.07. The zero-order valence-electron chi connectivity index (χ0n) is 10.2. The number of thiophene rings is 1. The number of rotatable bonds is 4. The molecule has 108 valence electrons. The number of nitrogens with one attached hydrogen (secondary N) is 1. The number of hydrogen-bond donors (Lipinski definition) is 2. The van der Waals surface area contributed by atoms with Crippen molar-refractivity contribution in [2.45, 2.75) is 5.03 Å². The minimum Gasteiger partial charge on any atom is -0.477 e. The van der Waals surface area contributed by atoms with Crippen molar-refractivity contribution in [3.63, 3.8) is 0 Å². The van der Waals surface area contributed by atoms with Crippen molar-refractivity contribution < 1.29 is 18.3 Å². The highest BCUT2D eigenvalue weighted by Gasteiger charge is 2.24. The molecule has 7 nitrogen and oxygen atoms in total. The maximum Gasteiger partial charge on any atom is 0.348 e. The fraction of sp³-hybridized carbons (Fsp3) is 0. The fourth-order valence-electron chi connectivity index (χ4n) is 1.70. The molecule has 3 heterocycles. The number of anilines is 1. The van der Waals surface area contributed by atoms with E-state index in [0.29, 0.717) is 10.1 Å². The highest BCUT2D eigenvalue weighted by molar-refractivity contribution is 7.93. The van der Waals surface area contributed by atoms with E-state index in [9.17, 15) is 13.2 Å². The molecule has 21 heavy (non-hydrogen) atoms. The van der Waals surface area contributed by atoms with E-state index < -0.39 is 16.0 Å². The second kappa shape index (κ2) is 5.06. The van der Waals surface area contributed by atoms with Gasteiger partial charge in [-0.25, -0.2) is 4.79 Å². The monoisotopic (exact) mass is 341 g/mol. The van der Waals surface area contributed by atoms with Crippen LogP contribution in [0.3, 0.4) is 0 Å². The molecule has 2 N–H and O–H groups in total. The summed E-state index contributed by atoms with van der Waals surface area (Å²) in [5.74, 6) is -1.19. The Morgan fingerprint density at radius 3 is 2.90 bits per heavy atom. The van der Waals surface area contributed by atoms with Gasteiger partial charge in [0.15, 0.2) is 5.03 Å². The third-order valence-corrected chi connectivity index (χ3v) is 5.75. The van der Waals surface area contributed by atoms with Crippen molar-refractivity contribution in [3.8, 4) is 0 Å². The maximum absolute atomic E-state index is 12.4. The summed E-state index contributed by atoms with van der Waals surface area (Å²) >= 11 is 1.98. The van der Waals surface area contributed by atoms with E-state index in [1.54, 1.807) is 12.3 Å². The van der Waals surface area contributed by atoms with Crippen LogP contribution in [0, 0.1) is 0 Å². The zero-order chi connectivity index (χ0) is 15.0. The first-order chi connectivity index (χ1) is 9.99. The Hall–Kier alpha value is -2.04. The Morgan fingerprint density at radius 1 is 1.33 bits per heavy atom. The number of fused-ring (bicyclic) bond motifs is 1. The van der Waals surface area contributed by atoms with Gasteiger partial charge >= 0.3 is 5.97 Å². The van der Waals surface area contributed by atoms with E-state index in [4.69, 9.17) is 5.11 Å². The van der Waals surface area contributed by atoms with Crippen LogP contribution in [0.15, 0.2) is 34.9 Å². The van der Waals surface area contributed by atoms with E-state index in [1.807, 2.05) is 0 Å². The van der Waals surface area contributed by atoms with Crippen molar-refractivity contribution in [1.82, 2.24) is 9.36 Å². The summed E-state index contributed by atoms with van der Waals surface area (Å²) in [4.78, 5) is 14.8. The molecule has 10 heteroatoms. The highest BCUT2D eigenvalue weighted by Crippen LogP contribution is 2.29. The second-order valence-electron chi connectivity index (χ2n) is 3.93. The third-order valence-electron chi connectivity index (χ3n) is 2.60. The van der Waals surface area contributed by atoms with E-state index >= 15 is 0 Å². The lowest BCUT2D eigenvalue weighted by Gasteiger charge is -2.05. The number of carboxylic acids is 1. The van der Waals surface area contributed by atoms with Gasteiger partial charge in [0.2, 0.25) is 0 Å². The van der Waals surface area contributed by atoms with E-state index in [-0.39, 0.29) is 15.6 Å². The smallest absolute Gasteiger partial charge is 0.348 e. The molecule has 3 aromatic rings. The first-order valence-electron chi connectivity index (χ1n) is 5.52. The number of sulfonamides is 1. The molecule has 0 spiro atoms. The maximum atomic E-state index is 12.4. The number of hydrogen-bond acceptors (Lipinski definition) is 7. The second-order valence-corrected chi connectivity index (χ2v) is 7.25. The lowest BCUT2D eigenvalue weighted by Crippen LogP contribution is -2.15. The van der Waals surface area contributed by atoms with Gasteiger partial charge in [-0.05, 0) is 29.0 Å². The van der Waals surface area contributed by atoms with Crippen LogP contribution in [-0.2, 0) is 10.0 Å². The average molecular weight is 341 g/mol. The lowest BCUT2D eigenvalue weighted by atomic mass is 10.4. The van der Waals surface area contributed by atoms with Crippen molar-refractivity contribution in [2.24, 2.45) is 0 Å². The summed E-state index contributed by atoms with van der Waals surface area (Å²) in [7, 11) is -3.97. The lowest BCUT2D eigenvalue weighted by molar-refractivity contribution is 0.0703. The normalized spacial score (nSPS) is 11.6. The number of carboxylic acid groups (broad SMARTS) is 1. The molecule has 0 saturated heterocycles. The van der Waals surface area contributed by atoms with E-state index in [1.165, 1.54) is 17.6 Å². The van der Waals surface area contributed by atoms with Crippen molar-refractivity contribution in [2.75, 3.05) is 4.72 Å². The number of pyridine rings is 1. The van der Waals surface area contributed by atoms with Gasteiger partial charge in [0.1, 0.15) is 4.88 Å². The molecule has 3 rings (SSSR count). The summed E-state index contributed by atoms with van der Waals surface area (Å²) in [6.07, 6.45) is 2.96. The zero-order valence-corrected chi connectivity index (χ0v) is 12.6. The van der Waals surface area contributed by atoms with Gasteiger partial charge in [-0.3, -0.25) is 9.71 Å². The van der Waals surface area contributed by atoms with Gasteiger partial charge in [-0.15, -0.1) is 11.3 Å². The number of nitrogens with zero attached hydrogens (tertiary/aromatic N) is 2. The Kier molecular flexibility index (Phi) is 3.35. The molecule has 0 aliphatic carbocycles. The Bertz CT molecular complexity index is 929. The molecule has 0 amide bonds. The Labute approximate surface area is 127 Å². The molecular weight excluding hydrogens is 334 g/mol. The first-order valence-corrected chi connectivity index (χ1v) is 8.65. The minimum atomic E-state index is -3.97. The van der Waals surface area contributed by atoms with Crippen LogP contribution in [0.1, 0.15) is 9.67 Å². The molecule has 0 bridgehead atoms. The molecule has 0 radical (unpaired) electrons. The molecule has 3 aromatic heterocycles. The van der Waals surface area contributed by atoms with Crippen molar-refractivity contribution >= 4 is 54.6 Å². The number of aromatic nitrogens is 2. The predicted octanol–water partition coefficient (Wildman–Crippen LogP) is 2.25. The quantitative estimate of drug-likeness (QED) is 0.753. The SMILES string of the molecule is O=C(O)c1sccc1NS(=O)(=O)c1nsc2ccncc12. The Balaban J connectivity index is 2.05. The first kappa shape index (κ1) is 13.9.